The van der Waals surface area contributed by atoms with Crippen molar-refractivity contribution < 1.29 is 9.90 Å². The van der Waals surface area contributed by atoms with Gasteiger partial charge in [-0.15, -0.1) is 0 Å². The van der Waals surface area contributed by atoms with Gasteiger partial charge in [0.05, 0.1) is 10.6 Å². The quantitative estimate of drug-likeness (QED) is 0.816. The summed E-state index contributed by atoms with van der Waals surface area (Å²) in [6.45, 7) is 6.06. The Hall–Kier alpha value is -1.22. The minimum atomic E-state index is -1.01. The minimum Gasteiger partial charge on any atom is -0.478 e. The molecule has 4 heteroatoms. The molecule has 0 unspecified atom stereocenters. The third-order valence-electron chi connectivity index (χ3n) is 1.72. The van der Waals surface area contributed by atoms with Crippen LogP contribution >= 0.6 is 11.6 Å². The predicted octanol–water partition coefficient (Wildman–Crippen LogP) is 3.25. The Balaban J connectivity index is 2.97. The van der Waals surface area contributed by atoms with E-state index in [4.69, 9.17) is 16.7 Å². The molecule has 15 heavy (non-hydrogen) atoms. The summed E-state index contributed by atoms with van der Waals surface area (Å²) < 4.78 is 0. The summed E-state index contributed by atoms with van der Waals surface area (Å²) in [6.07, 6.45) is 0. The molecule has 3 nitrogen and oxygen atoms in total. The number of hydrogen-bond donors (Lipinski definition) is 2. The molecule has 0 aliphatic carbocycles. The topological polar surface area (TPSA) is 49.3 Å². The van der Waals surface area contributed by atoms with Gasteiger partial charge in [-0.3, -0.25) is 0 Å². The van der Waals surface area contributed by atoms with Crippen molar-refractivity contribution in [3.63, 3.8) is 0 Å². The van der Waals surface area contributed by atoms with Gasteiger partial charge in [-0.2, -0.15) is 0 Å². The highest BCUT2D eigenvalue weighted by molar-refractivity contribution is 6.33. The Labute approximate surface area is 94.1 Å². The highest BCUT2D eigenvalue weighted by atomic mass is 35.5. The second-order valence-electron chi connectivity index (χ2n) is 4.37. The molecule has 0 radical (unpaired) electrons. The second-order valence-corrected chi connectivity index (χ2v) is 4.78. The first-order valence-electron chi connectivity index (χ1n) is 4.60. The molecule has 0 saturated heterocycles. The molecule has 0 aromatic heterocycles. The first-order valence-corrected chi connectivity index (χ1v) is 4.98. The Morgan fingerprint density at radius 2 is 2.00 bits per heavy atom. The second kappa shape index (κ2) is 4.11. The van der Waals surface area contributed by atoms with Gasteiger partial charge in [0.15, 0.2) is 0 Å². The molecule has 0 heterocycles. The zero-order valence-corrected chi connectivity index (χ0v) is 9.72. The fourth-order valence-corrected chi connectivity index (χ4v) is 1.46. The van der Waals surface area contributed by atoms with Crippen LogP contribution in [0.1, 0.15) is 31.1 Å². The van der Waals surface area contributed by atoms with E-state index in [1.54, 1.807) is 12.1 Å². The van der Waals surface area contributed by atoms with E-state index in [1.807, 2.05) is 20.8 Å². The van der Waals surface area contributed by atoms with Crippen molar-refractivity contribution in [3.05, 3.63) is 28.8 Å². The van der Waals surface area contributed by atoms with Gasteiger partial charge in [0.25, 0.3) is 0 Å². The van der Waals surface area contributed by atoms with Crippen LogP contribution in [-0.2, 0) is 0 Å². The smallest absolute Gasteiger partial charge is 0.337 e. The highest BCUT2D eigenvalue weighted by Crippen LogP contribution is 2.23. The van der Waals surface area contributed by atoms with Gasteiger partial charge in [-0.05, 0) is 39.0 Å². The van der Waals surface area contributed by atoms with Crippen LogP contribution in [0.2, 0.25) is 5.02 Å². The van der Waals surface area contributed by atoms with Gasteiger partial charge in [0.1, 0.15) is 0 Å². The highest BCUT2D eigenvalue weighted by Gasteiger charge is 2.12. The lowest BCUT2D eigenvalue weighted by atomic mass is 10.1. The number of carbonyl (C=O) groups is 1. The number of benzene rings is 1. The number of carboxylic acid groups (broad SMARTS) is 1. The van der Waals surface area contributed by atoms with Crippen LogP contribution in [0.25, 0.3) is 0 Å². The van der Waals surface area contributed by atoms with Gasteiger partial charge in [-0.25, -0.2) is 4.79 Å². The van der Waals surface area contributed by atoms with Gasteiger partial charge in [-0.1, -0.05) is 11.6 Å². The van der Waals surface area contributed by atoms with E-state index < -0.39 is 5.97 Å². The molecule has 0 atom stereocenters. The molecule has 0 amide bonds. The van der Waals surface area contributed by atoms with Gasteiger partial charge in [0, 0.05) is 11.2 Å². The maximum Gasteiger partial charge on any atom is 0.337 e. The molecule has 0 spiro atoms. The lowest BCUT2D eigenvalue weighted by Crippen LogP contribution is -2.26. The van der Waals surface area contributed by atoms with Crippen LogP contribution in [-0.4, -0.2) is 16.6 Å². The predicted molar refractivity (Wildman–Crippen MR) is 61.8 cm³/mol. The number of aromatic carboxylic acids is 1. The van der Waals surface area contributed by atoms with E-state index in [2.05, 4.69) is 5.32 Å². The van der Waals surface area contributed by atoms with Crippen molar-refractivity contribution in [2.24, 2.45) is 0 Å². The molecule has 0 bridgehead atoms. The van der Waals surface area contributed by atoms with Crippen molar-refractivity contribution in [2.45, 2.75) is 26.3 Å². The Kier molecular flexibility index (Phi) is 3.25. The Bertz CT molecular complexity index is 383. The molecular weight excluding hydrogens is 214 g/mol. The van der Waals surface area contributed by atoms with Crippen molar-refractivity contribution >= 4 is 23.3 Å². The van der Waals surface area contributed by atoms with Crippen LogP contribution in [0.3, 0.4) is 0 Å². The van der Waals surface area contributed by atoms with Gasteiger partial charge in [0.2, 0.25) is 0 Å². The summed E-state index contributed by atoms with van der Waals surface area (Å²) in [6, 6.07) is 4.83. The van der Waals surface area contributed by atoms with E-state index in [9.17, 15) is 4.79 Å². The molecule has 0 saturated carbocycles. The van der Waals surface area contributed by atoms with Crippen LogP contribution in [0.4, 0.5) is 5.69 Å². The summed E-state index contributed by atoms with van der Waals surface area (Å²) in [7, 11) is 0. The average molecular weight is 228 g/mol. The summed E-state index contributed by atoms with van der Waals surface area (Å²) in [5, 5.41) is 12.2. The van der Waals surface area contributed by atoms with Crippen LogP contribution in [0.5, 0.6) is 0 Å². The number of rotatable bonds is 2. The largest absolute Gasteiger partial charge is 0.478 e. The number of halogens is 1. The van der Waals surface area contributed by atoms with Gasteiger partial charge < -0.3 is 10.4 Å². The maximum absolute atomic E-state index is 10.7. The number of anilines is 1. The third kappa shape index (κ3) is 3.44. The van der Waals surface area contributed by atoms with E-state index in [0.717, 1.165) is 5.69 Å². The standard InChI is InChI=1S/C11H14ClNO2/c1-11(2,3)13-7-4-5-8(10(14)15)9(12)6-7/h4-6,13H,1-3H3,(H,14,15). The molecule has 0 fully saturated rings. The van der Waals surface area contributed by atoms with E-state index in [-0.39, 0.29) is 16.1 Å². The molecule has 1 aromatic rings. The minimum absolute atomic E-state index is 0.0753. The van der Waals surface area contributed by atoms with Crippen molar-refractivity contribution in [3.8, 4) is 0 Å². The fraction of sp³-hybridized carbons (Fsp3) is 0.364. The van der Waals surface area contributed by atoms with E-state index in [1.165, 1.54) is 6.07 Å². The monoisotopic (exact) mass is 227 g/mol. The summed E-state index contributed by atoms with van der Waals surface area (Å²) >= 11 is 5.83. The zero-order valence-electron chi connectivity index (χ0n) is 8.97. The van der Waals surface area contributed by atoms with Crippen molar-refractivity contribution in [1.82, 2.24) is 0 Å². The number of hydrogen-bond acceptors (Lipinski definition) is 2. The molecule has 1 aromatic carbocycles. The molecule has 0 aliphatic rings. The lowest BCUT2D eigenvalue weighted by Gasteiger charge is -2.22. The molecule has 82 valence electrons. The van der Waals surface area contributed by atoms with Crippen LogP contribution in [0.15, 0.2) is 18.2 Å². The van der Waals surface area contributed by atoms with E-state index >= 15 is 0 Å². The number of carboxylic acids is 1. The first-order chi connectivity index (χ1) is 6.79. The SMILES string of the molecule is CC(C)(C)Nc1ccc(C(=O)O)c(Cl)c1. The molecule has 0 aliphatic heterocycles. The fourth-order valence-electron chi connectivity index (χ4n) is 1.20. The Morgan fingerprint density at radius 1 is 1.40 bits per heavy atom. The number of nitrogens with one attached hydrogen (secondary N) is 1. The van der Waals surface area contributed by atoms with Crippen molar-refractivity contribution in [1.29, 1.82) is 0 Å². The Morgan fingerprint density at radius 3 is 2.40 bits per heavy atom. The molecular formula is C11H14ClNO2. The first kappa shape index (κ1) is 11.9. The van der Waals surface area contributed by atoms with Crippen LogP contribution < -0.4 is 5.32 Å². The molecule has 1 rings (SSSR count). The van der Waals surface area contributed by atoms with Crippen LogP contribution in [0, 0.1) is 0 Å². The normalized spacial score (nSPS) is 11.2. The lowest BCUT2D eigenvalue weighted by molar-refractivity contribution is 0.0697. The summed E-state index contributed by atoms with van der Waals surface area (Å²) in [4.78, 5) is 10.7. The van der Waals surface area contributed by atoms with Crippen molar-refractivity contribution in [2.75, 3.05) is 5.32 Å². The van der Waals surface area contributed by atoms with Gasteiger partial charge >= 0.3 is 5.97 Å². The zero-order chi connectivity index (χ0) is 11.6. The maximum atomic E-state index is 10.7. The average Bonchev–Trinajstić information content (AvgIpc) is 1.99. The van der Waals surface area contributed by atoms with E-state index in [0.29, 0.717) is 0 Å². The summed E-state index contributed by atoms with van der Waals surface area (Å²) in [5.74, 6) is -1.01. The summed E-state index contributed by atoms with van der Waals surface area (Å²) in [5.41, 5.74) is 0.863. The third-order valence-corrected chi connectivity index (χ3v) is 2.03. The molecule has 2 N–H and O–H groups in total.